The molecule has 0 spiro atoms. The number of alkyl halides is 3. The van der Waals surface area contributed by atoms with Gasteiger partial charge < -0.3 is 19.2 Å². The summed E-state index contributed by atoms with van der Waals surface area (Å²) in [5, 5.41) is 8.22. The monoisotopic (exact) mass is 518 g/mol. The number of likely N-dealkylation sites (tertiary alicyclic amines) is 1. The highest BCUT2D eigenvalue weighted by molar-refractivity contribution is 5.87. The number of imidazole rings is 1. The predicted molar refractivity (Wildman–Crippen MR) is 138 cm³/mol. The summed E-state index contributed by atoms with van der Waals surface area (Å²) in [6, 6.07) is 18.3. The standard InChI is InChI=1S/C28H25F3N6O/c1-36-13-12-19(15-36)38-23-11-10-22-25(24(23)28(29,30)31)34-26(33-22)18-7-5-6-17(14-18)20-8-3-4-9-21(20)27-35-32-16-37(27)2/h3-11,14,16,19H,12-13,15H2,1-2H3,(H,33,34)/t19-/m1/s1. The van der Waals surface area contributed by atoms with Crippen molar-refractivity contribution in [1.29, 1.82) is 0 Å². The van der Waals surface area contributed by atoms with E-state index in [0.717, 1.165) is 23.2 Å². The molecule has 7 nitrogen and oxygen atoms in total. The zero-order valence-corrected chi connectivity index (χ0v) is 20.8. The van der Waals surface area contributed by atoms with E-state index < -0.39 is 11.7 Å². The fraction of sp³-hybridized carbons (Fsp3) is 0.250. The number of nitrogens with zero attached hydrogens (tertiary/aromatic N) is 5. The number of aromatic nitrogens is 5. The summed E-state index contributed by atoms with van der Waals surface area (Å²) in [6.45, 7) is 1.38. The molecule has 5 aromatic rings. The number of hydrogen-bond donors (Lipinski definition) is 1. The first-order valence-electron chi connectivity index (χ1n) is 12.3. The molecule has 0 radical (unpaired) electrons. The maximum absolute atomic E-state index is 14.3. The molecule has 0 unspecified atom stereocenters. The minimum atomic E-state index is -4.62. The van der Waals surface area contributed by atoms with Crippen LogP contribution in [0.3, 0.4) is 0 Å². The van der Waals surface area contributed by atoms with Gasteiger partial charge >= 0.3 is 6.18 Å². The Kier molecular flexibility index (Phi) is 5.91. The molecule has 0 bridgehead atoms. The van der Waals surface area contributed by atoms with Crippen molar-refractivity contribution in [2.24, 2.45) is 7.05 Å². The minimum Gasteiger partial charge on any atom is -0.488 e. The third-order valence-electron chi connectivity index (χ3n) is 6.87. The Morgan fingerprint density at radius 1 is 0.974 bits per heavy atom. The summed E-state index contributed by atoms with van der Waals surface area (Å²) in [4.78, 5) is 9.55. The molecule has 3 aromatic carbocycles. The lowest BCUT2D eigenvalue weighted by Crippen LogP contribution is -2.23. The Hall–Kier alpha value is -4.18. The molecule has 0 aliphatic carbocycles. The molecule has 1 atom stereocenters. The van der Waals surface area contributed by atoms with Gasteiger partial charge in [-0.1, -0.05) is 42.5 Å². The third-order valence-corrected chi connectivity index (χ3v) is 6.87. The minimum absolute atomic E-state index is 0.152. The van der Waals surface area contributed by atoms with Crippen LogP contribution in [-0.4, -0.2) is 55.9 Å². The first kappa shape index (κ1) is 24.2. The van der Waals surface area contributed by atoms with Crippen LogP contribution in [0.5, 0.6) is 5.75 Å². The molecule has 1 fully saturated rings. The van der Waals surface area contributed by atoms with Crippen LogP contribution in [-0.2, 0) is 13.2 Å². The first-order chi connectivity index (χ1) is 18.3. The lowest BCUT2D eigenvalue weighted by Gasteiger charge is -2.18. The zero-order chi connectivity index (χ0) is 26.4. The number of fused-ring (bicyclic) bond motifs is 1. The summed E-state index contributed by atoms with van der Waals surface area (Å²) in [5.74, 6) is 0.876. The number of rotatable bonds is 5. The molecule has 0 saturated carbocycles. The van der Waals surface area contributed by atoms with E-state index in [1.165, 1.54) is 6.07 Å². The lowest BCUT2D eigenvalue weighted by molar-refractivity contribution is -0.138. The topological polar surface area (TPSA) is 71.9 Å². The second-order valence-electron chi connectivity index (χ2n) is 9.60. The van der Waals surface area contributed by atoms with Crippen molar-refractivity contribution in [1.82, 2.24) is 29.6 Å². The smallest absolute Gasteiger partial charge is 0.422 e. The number of nitrogens with one attached hydrogen (secondary N) is 1. The van der Waals surface area contributed by atoms with Crippen molar-refractivity contribution in [3.8, 4) is 39.7 Å². The molecule has 2 aromatic heterocycles. The molecular formula is C28H25F3N6O. The Morgan fingerprint density at radius 3 is 2.47 bits per heavy atom. The van der Waals surface area contributed by atoms with Crippen LogP contribution < -0.4 is 4.74 Å². The fourth-order valence-corrected chi connectivity index (χ4v) is 5.03. The van der Waals surface area contributed by atoms with Gasteiger partial charge in [0.25, 0.3) is 0 Å². The summed E-state index contributed by atoms with van der Waals surface area (Å²) >= 11 is 0. The van der Waals surface area contributed by atoms with Crippen molar-refractivity contribution in [2.45, 2.75) is 18.7 Å². The van der Waals surface area contributed by atoms with Crippen LogP contribution in [0, 0.1) is 0 Å². The van der Waals surface area contributed by atoms with Gasteiger partial charge in [0.15, 0.2) is 5.82 Å². The highest BCUT2D eigenvalue weighted by Gasteiger charge is 2.39. The molecule has 1 aliphatic heterocycles. The first-order valence-corrected chi connectivity index (χ1v) is 12.3. The summed E-state index contributed by atoms with van der Waals surface area (Å²) in [5.41, 5.74) is 2.67. The summed E-state index contributed by atoms with van der Waals surface area (Å²) in [7, 11) is 3.80. The van der Waals surface area contributed by atoms with Gasteiger partial charge in [0, 0.05) is 31.3 Å². The molecule has 1 aliphatic rings. The van der Waals surface area contributed by atoms with E-state index >= 15 is 0 Å². The van der Waals surface area contributed by atoms with Crippen LogP contribution in [0.4, 0.5) is 13.2 Å². The van der Waals surface area contributed by atoms with E-state index in [-0.39, 0.29) is 17.4 Å². The van der Waals surface area contributed by atoms with Crippen LogP contribution in [0.2, 0.25) is 0 Å². The number of aryl methyl sites for hydroxylation is 1. The average Bonchev–Trinajstić information content (AvgIpc) is 3.63. The second-order valence-corrected chi connectivity index (χ2v) is 9.60. The Morgan fingerprint density at radius 2 is 1.76 bits per heavy atom. The number of likely N-dealkylation sites (N-methyl/N-ethyl adjacent to an activating group) is 1. The molecule has 1 saturated heterocycles. The fourth-order valence-electron chi connectivity index (χ4n) is 5.03. The number of benzene rings is 3. The van der Waals surface area contributed by atoms with Gasteiger partial charge in [-0.25, -0.2) is 4.98 Å². The van der Waals surface area contributed by atoms with Gasteiger partial charge in [0.05, 0.1) is 5.52 Å². The maximum atomic E-state index is 14.3. The second kappa shape index (κ2) is 9.29. The van der Waals surface area contributed by atoms with E-state index in [2.05, 4.69) is 20.2 Å². The Labute approximate surface area is 216 Å². The molecule has 6 rings (SSSR count). The SMILES string of the molecule is CN1CC[C@@H](Oc2ccc3[nH]c(-c4cccc(-c5ccccc5-c5nncn5C)c4)nc3c2C(F)(F)F)C1. The summed E-state index contributed by atoms with van der Waals surface area (Å²) < 4.78 is 50.5. The number of H-pyrrole nitrogens is 1. The van der Waals surface area contributed by atoms with Gasteiger partial charge in [-0.05, 0) is 42.8 Å². The van der Waals surface area contributed by atoms with E-state index in [9.17, 15) is 13.2 Å². The molecule has 3 heterocycles. The van der Waals surface area contributed by atoms with E-state index in [1.807, 2.05) is 72.1 Å². The summed E-state index contributed by atoms with van der Waals surface area (Å²) in [6.07, 6.45) is -2.59. The third kappa shape index (κ3) is 4.41. The van der Waals surface area contributed by atoms with Crippen LogP contribution in [0.25, 0.3) is 44.9 Å². The van der Waals surface area contributed by atoms with E-state index in [1.54, 1.807) is 12.4 Å². The van der Waals surface area contributed by atoms with Gasteiger partial charge in [-0.3, -0.25) is 0 Å². The van der Waals surface area contributed by atoms with Crippen LogP contribution >= 0.6 is 0 Å². The van der Waals surface area contributed by atoms with Gasteiger partial charge in [0.1, 0.15) is 35.1 Å². The zero-order valence-electron chi connectivity index (χ0n) is 20.8. The van der Waals surface area contributed by atoms with E-state index in [4.69, 9.17) is 4.74 Å². The Bertz CT molecular complexity index is 1620. The lowest BCUT2D eigenvalue weighted by atomic mass is 9.97. The van der Waals surface area contributed by atoms with Crippen molar-refractivity contribution in [3.05, 3.63) is 72.6 Å². The van der Waals surface area contributed by atoms with Gasteiger partial charge in [-0.2, -0.15) is 13.2 Å². The maximum Gasteiger partial charge on any atom is 0.422 e. The van der Waals surface area contributed by atoms with Crippen molar-refractivity contribution in [3.63, 3.8) is 0 Å². The largest absolute Gasteiger partial charge is 0.488 e. The van der Waals surface area contributed by atoms with Crippen molar-refractivity contribution in [2.75, 3.05) is 20.1 Å². The predicted octanol–water partition coefficient (Wildman–Crippen LogP) is 5.79. The number of hydrogen-bond acceptors (Lipinski definition) is 5. The van der Waals surface area contributed by atoms with Crippen LogP contribution in [0.1, 0.15) is 12.0 Å². The molecule has 38 heavy (non-hydrogen) atoms. The molecule has 1 N–H and O–H groups in total. The highest BCUT2D eigenvalue weighted by Crippen LogP contribution is 2.42. The van der Waals surface area contributed by atoms with Crippen molar-refractivity contribution >= 4 is 11.0 Å². The van der Waals surface area contributed by atoms with Gasteiger partial charge in [0.2, 0.25) is 0 Å². The molecule has 0 amide bonds. The van der Waals surface area contributed by atoms with Gasteiger partial charge in [-0.15, -0.1) is 10.2 Å². The average molecular weight is 519 g/mol. The molecule has 194 valence electrons. The molecule has 10 heteroatoms. The molecular weight excluding hydrogens is 493 g/mol. The van der Waals surface area contributed by atoms with E-state index in [0.29, 0.717) is 35.7 Å². The van der Waals surface area contributed by atoms with Crippen molar-refractivity contribution < 1.29 is 17.9 Å². The normalized spacial score (nSPS) is 16.4. The number of halogens is 3. The number of aromatic amines is 1. The highest BCUT2D eigenvalue weighted by atomic mass is 19.4. The quantitative estimate of drug-likeness (QED) is 0.319. The number of ether oxygens (including phenoxy) is 1. The van der Waals surface area contributed by atoms with Crippen LogP contribution in [0.15, 0.2) is 67.0 Å². The Balaban J connectivity index is 1.42.